The van der Waals surface area contributed by atoms with Gasteiger partial charge in [0, 0.05) is 15.5 Å². The number of hydrogen-bond donors (Lipinski definition) is 1. The van der Waals surface area contributed by atoms with E-state index in [2.05, 4.69) is 25.6 Å². The van der Waals surface area contributed by atoms with Crippen molar-refractivity contribution in [3.63, 3.8) is 0 Å². The third kappa shape index (κ3) is 3.46. The maximum atomic E-state index is 12.3. The quantitative estimate of drug-likeness (QED) is 0.889. The summed E-state index contributed by atoms with van der Waals surface area (Å²) in [5.41, 5.74) is 0.880. The van der Waals surface area contributed by atoms with E-state index in [0.29, 0.717) is 0 Å². The van der Waals surface area contributed by atoms with Gasteiger partial charge in [-0.25, -0.2) is 18.1 Å². The Hall–Kier alpha value is -0.760. The molecule has 0 fully saturated rings. The lowest BCUT2D eigenvalue weighted by Gasteiger charge is -2.12. The highest BCUT2D eigenvalue weighted by Gasteiger charge is 2.20. The van der Waals surface area contributed by atoms with E-state index in [1.165, 1.54) is 11.3 Å². The molecule has 0 saturated heterocycles. The minimum Gasteiger partial charge on any atom is -0.248 e. The SMILES string of the molecule is Cc1cnc(C(C)NS(=O)(=O)c2ccc(Br)c(C)c2)s1. The van der Waals surface area contributed by atoms with Crippen molar-refractivity contribution in [3.05, 3.63) is 44.3 Å². The number of hydrogen-bond acceptors (Lipinski definition) is 4. The number of benzene rings is 1. The molecule has 4 nitrogen and oxygen atoms in total. The minimum atomic E-state index is -3.54. The zero-order chi connectivity index (χ0) is 14.9. The first-order valence-electron chi connectivity index (χ1n) is 6.00. The summed E-state index contributed by atoms with van der Waals surface area (Å²) in [4.78, 5) is 5.53. The van der Waals surface area contributed by atoms with Crippen LogP contribution in [-0.2, 0) is 10.0 Å². The first-order chi connectivity index (χ1) is 9.29. The molecule has 0 bridgehead atoms. The van der Waals surface area contributed by atoms with Crippen LogP contribution in [0.5, 0.6) is 0 Å². The molecule has 0 amide bonds. The summed E-state index contributed by atoms with van der Waals surface area (Å²) in [5, 5.41) is 0.764. The van der Waals surface area contributed by atoms with Gasteiger partial charge in [0.2, 0.25) is 10.0 Å². The van der Waals surface area contributed by atoms with E-state index in [1.54, 1.807) is 31.3 Å². The molecule has 7 heteroatoms. The normalized spacial score (nSPS) is 13.4. The Labute approximate surface area is 131 Å². The van der Waals surface area contributed by atoms with Crippen LogP contribution in [0, 0.1) is 13.8 Å². The van der Waals surface area contributed by atoms with Crippen molar-refractivity contribution in [2.45, 2.75) is 31.7 Å². The zero-order valence-electron chi connectivity index (χ0n) is 11.3. The second kappa shape index (κ2) is 5.93. The molecular weight excluding hydrogens is 360 g/mol. The minimum absolute atomic E-state index is 0.262. The molecule has 0 aliphatic carbocycles. The predicted octanol–water partition coefficient (Wildman–Crippen LogP) is 3.56. The lowest BCUT2D eigenvalue weighted by molar-refractivity contribution is 0.566. The van der Waals surface area contributed by atoms with Gasteiger partial charge in [0.25, 0.3) is 0 Å². The number of nitrogens with one attached hydrogen (secondary N) is 1. The van der Waals surface area contributed by atoms with Gasteiger partial charge in [0.15, 0.2) is 0 Å². The van der Waals surface area contributed by atoms with Crippen molar-refractivity contribution < 1.29 is 8.42 Å². The van der Waals surface area contributed by atoms with Crippen LogP contribution >= 0.6 is 27.3 Å². The summed E-state index contributed by atoms with van der Waals surface area (Å²) < 4.78 is 28.2. The number of halogens is 1. The van der Waals surface area contributed by atoms with E-state index >= 15 is 0 Å². The van der Waals surface area contributed by atoms with Gasteiger partial charge in [-0.15, -0.1) is 11.3 Å². The molecule has 0 spiro atoms. The van der Waals surface area contributed by atoms with E-state index < -0.39 is 10.0 Å². The number of thiazole rings is 1. The van der Waals surface area contributed by atoms with Crippen molar-refractivity contribution in [1.29, 1.82) is 0 Å². The predicted molar refractivity (Wildman–Crippen MR) is 84.5 cm³/mol. The van der Waals surface area contributed by atoms with Crippen LogP contribution < -0.4 is 4.72 Å². The Kier molecular flexibility index (Phi) is 4.63. The average molecular weight is 375 g/mol. The molecule has 2 aromatic rings. The van der Waals surface area contributed by atoms with E-state index in [4.69, 9.17) is 0 Å². The van der Waals surface area contributed by atoms with Crippen LogP contribution in [0.2, 0.25) is 0 Å². The highest BCUT2D eigenvalue weighted by atomic mass is 79.9. The monoisotopic (exact) mass is 374 g/mol. The highest BCUT2D eigenvalue weighted by molar-refractivity contribution is 9.10. The van der Waals surface area contributed by atoms with Crippen molar-refractivity contribution >= 4 is 37.3 Å². The maximum absolute atomic E-state index is 12.3. The maximum Gasteiger partial charge on any atom is 0.241 e. The van der Waals surface area contributed by atoms with Gasteiger partial charge in [0.05, 0.1) is 10.9 Å². The van der Waals surface area contributed by atoms with Gasteiger partial charge in [-0.1, -0.05) is 15.9 Å². The molecule has 2 rings (SSSR count). The van der Waals surface area contributed by atoms with Gasteiger partial charge in [-0.05, 0) is 44.5 Å². The summed E-state index contributed by atoms with van der Waals surface area (Å²) in [5.74, 6) is 0. The molecule has 1 aromatic heterocycles. The number of aromatic nitrogens is 1. The first kappa shape index (κ1) is 15.6. The van der Waals surface area contributed by atoms with Crippen LogP contribution in [0.3, 0.4) is 0 Å². The largest absolute Gasteiger partial charge is 0.248 e. The fourth-order valence-electron chi connectivity index (χ4n) is 1.71. The number of aryl methyl sites for hydroxylation is 2. The molecule has 0 aliphatic rings. The number of rotatable bonds is 4. The second-order valence-corrected chi connectivity index (χ2v) is 8.40. The molecule has 1 atom stereocenters. The average Bonchev–Trinajstić information content (AvgIpc) is 2.79. The molecule has 1 aromatic carbocycles. The van der Waals surface area contributed by atoms with E-state index in [9.17, 15) is 8.42 Å². The van der Waals surface area contributed by atoms with Crippen molar-refractivity contribution in [1.82, 2.24) is 9.71 Å². The molecule has 1 heterocycles. The van der Waals surface area contributed by atoms with Gasteiger partial charge < -0.3 is 0 Å². The Morgan fingerprint density at radius 3 is 2.60 bits per heavy atom. The molecule has 0 saturated carbocycles. The van der Waals surface area contributed by atoms with Crippen LogP contribution in [0.4, 0.5) is 0 Å². The smallest absolute Gasteiger partial charge is 0.241 e. The third-order valence-corrected chi connectivity index (χ3v) is 6.30. The summed E-state index contributed by atoms with van der Waals surface area (Å²) in [7, 11) is -3.54. The summed E-state index contributed by atoms with van der Waals surface area (Å²) in [6.07, 6.45) is 1.74. The molecule has 1 unspecified atom stereocenters. The van der Waals surface area contributed by atoms with Crippen molar-refractivity contribution in [2.24, 2.45) is 0 Å². The van der Waals surface area contributed by atoms with Crippen LogP contribution in [0.15, 0.2) is 33.8 Å². The Morgan fingerprint density at radius 2 is 2.05 bits per heavy atom. The third-order valence-electron chi connectivity index (χ3n) is 2.78. The Bertz CT molecular complexity index is 726. The lowest BCUT2D eigenvalue weighted by Crippen LogP contribution is -2.26. The summed E-state index contributed by atoms with van der Waals surface area (Å²) >= 11 is 4.85. The zero-order valence-corrected chi connectivity index (χ0v) is 14.6. The topological polar surface area (TPSA) is 59.1 Å². The molecule has 20 heavy (non-hydrogen) atoms. The molecule has 0 aliphatic heterocycles. The molecule has 1 N–H and O–H groups in total. The Balaban J connectivity index is 2.24. The van der Waals surface area contributed by atoms with E-state index in [0.717, 1.165) is 19.9 Å². The molecular formula is C13H15BrN2O2S2. The van der Waals surface area contributed by atoms with Crippen LogP contribution in [0.1, 0.15) is 28.4 Å². The first-order valence-corrected chi connectivity index (χ1v) is 9.09. The summed E-state index contributed by atoms with van der Waals surface area (Å²) in [6, 6.07) is 4.62. The lowest BCUT2D eigenvalue weighted by atomic mass is 10.2. The fourth-order valence-corrected chi connectivity index (χ4v) is 4.10. The summed E-state index contributed by atoms with van der Waals surface area (Å²) in [6.45, 7) is 5.60. The standard InChI is InChI=1S/C13H15BrN2O2S2/c1-8-6-11(4-5-12(8)14)20(17,18)16-10(3)13-15-7-9(2)19-13/h4-7,10,16H,1-3H3. The van der Waals surface area contributed by atoms with E-state index in [-0.39, 0.29) is 10.9 Å². The van der Waals surface area contributed by atoms with Crippen LogP contribution in [0.25, 0.3) is 0 Å². The van der Waals surface area contributed by atoms with Gasteiger partial charge in [0.1, 0.15) is 5.01 Å². The van der Waals surface area contributed by atoms with Crippen molar-refractivity contribution in [2.75, 3.05) is 0 Å². The number of nitrogens with zero attached hydrogens (tertiary/aromatic N) is 1. The molecule has 108 valence electrons. The number of sulfonamides is 1. The van der Waals surface area contributed by atoms with Gasteiger partial charge in [-0.3, -0.25) is 0 Å². The second-order valence-electron chi connectivity index (χ2n) is 4.56. The van der Waals surface area contributed by atoms with E-state index in [1.807, 2.05) is 13.8 Å². The van der Waals surface area contributed by atoms with Gasteiger partial charge >= 0.3 is 0 Å². The Morgan fingerprint density at radius 1 is 1.35 bits per heavy atom. The molecule has 0 radical (unpaired) electrons. The van der Waals surface area contributed by atoms with Gasteiger partial charge in [-0.2, -0.15) is 0 Å². The highest BCUT2D eigenvalue weighted by Crippen LogP contribution is 2.23. The van der Waals surface area contributed by atoms with Crippen LogP contribution in [-0.4, -0.2) is 13.4 Å². The van der Waals surface area contributed by atoms with Crippen molar-refractivity contribution in [3.8, 4) is 0 Å². The fraction of sp³-hybridized carbons (Fsp3) is 0.308.